The van der Waals surface area contributed by atoms with E-state index in [2.05, 4.69) is 73.9 Å². The van der Waals surface area contributed by atoms with Crippen LogP contribution in [0.25, 0.3) is 11.5 Å². The van der Waals surface area contributed by atoms with Gasteiger partial charge in [-0.2, -0.15) is 0 Å². The summed E-state index contributed by atoms with van der Waals surface area (Å²) in [6.07, 6.45) is 1.19. The number of benzene rings is 3. The van der Waals surface area contributed by atoms with Gasteiger partial charge in [0.05, 0.1) is 5.57 Å². The Morgan fingerprint density at radius 1 is 0.690 bits per heavy atom. The number of allylic oxidation sites excluding steroid dienone is 2. The van der Waals surface area contributed by atoms with Crippen LogP contribution in [0.1, 0.15) is 51.7 Å². The van der Waals surface area contributed by atoms with Crippen LogP contribution in [0.3, 0.4) is 0 Å². The van der Waals surface area contributed by atoms with Crippen molar-refractivity contribution < 1.29 is 43.4 Å². The Bertz CT molecular complexity index is 2340. The van der Waals surface area contributed by atoms with Gasteiger partial charge in [-0.3, -0.25) is 24.0 Å². The van der Waals surface area contributed by atoms with Crippen molar-refractivity contribution in [2.75, 3.05) is 62.2 Å². The van der Waals surface area contributed by atoms with Gasteiger partial charge < -0.3 is 34.3 Å². The number of hydroxylamine groups is 2. The fraction of sp³-hybridized carbons (Fsp3) is 0.318. The smallest absolute Gasteiger partial charge is 0.368 e. The summed E-state index contributed by atoms with van der Waals surface area (Å²) in [7, 11) is 0. The Morgan fingerprint density at radius 3 is 1.74 bits per heavy atom. The standard InChI is InChI=1S/C44H45N5O9/c1-5-45(6-2)27-13-15-31-37(23-27)57-38-24-28(46(7-3)8-4)14-16-32(38)41(31)29-11-9-10-12-30(29)42(54)47-19-21-48(22-20-47)43(55)33-25-36(51)34(26-35(33)50)44(56)58-49-39(52)17-18-40(49)53/h9-16,23-26,54H,5-8,17-22H2,1-4H3. The molecule has 0 radical (unpaired) electrons. The number of anilines is 2. The van der Waals surface area contributed by atoms with Crippen LogP contribution in [0.2, 0.25) is 0 Å². The number of piperazine rings is 1. The monoisotopic (exact) mass is 787 g/mol. The molecule has 300 valence electrons. The van der Waals surface area contributed by atoms with Crippen LogP contribution in [0.5, 0.6) is 11.5 Å². The summed E-state index contributed by atoms with van der Waals surface area (Å²) in [6, 6.07) is 20.1. The van der Waals surface area contributed by atoms with Crippen molar-refractivity contribution in [1.82, 2.24) is 14.9 Å². The van der Waals surface area contributed by atoms with Gasteiger partial charge in [-0.15, -0.1) is 5.06 Å². The van der Waals surface area contributed by atoms with Crippen molar-refractivity contribution in [3.05, 3.63) is 106 Å². The van der Waals surface area contributed by atoms with Crippen molar-refractivity contribution in [3.8, 4) is 11.5 Å². The predicted molar refractivity (Wildman–Crippen MR) is 215 cm³/mol. The second kappa shape index (κ2) is 16.4. The van der Waals surface area contributed by atoms with Crippen molar-refractivity contribution in [2.45, 2.75) is 40.5 Å². The summed E-state index contributed by atoms with van der Waals surface area (Å²) >= 11 is 0. The molecule has 3 aliphatic heterocycles. The number of hydrogen-bond acceptors (Lipinski definition) is 12. The fourth-order valence-corrected chi connectivity index (χ4v) is 7.76. The van der Waals surface area contributed by atoms with E-state index in [1.54, 1.807) is 4.90 Å². The molecular weight excluding hydrogens is 743 g/mol. The molecule has 0 saturated carbocycles. The van der Waals surface area contributed by atoms with Crippen molar-refractivity contribution in [1.29, 1.82) is 0 Å². The molecule has 7 rings (SSSR count). The number of ether oxygens (including phenoxy) is 1. The minimum Gasteiger partial charge on any atom is -0.494 e. The first-order chi connectivity index (χ1) is 28.0. The number of aliphatic hydroxyl groups is 1. The largest absolute Gasteiger partial charge is 0.494 e. The van der Waals surface area contributed by atoms with E-state index in [0.29, 0.717) is 22.8 Å². The van der Waals surface area contributed by atoms with E-state index in [-0.39, 0.29) is 50.0 Å². The lowest BCUT2D eigenvalue weighted by Crippen LogP contribution is -2.50. The lowest BCUT2D eigenvalue weighted by Gasteiger charge is -2.35. The number of aliphatic hydroxyl groups excluding tert-OH is 1. The maximum atomic E-state index is 13.5. The van der Waals surface area contributed by atoms with E-state index in [9.17, 15) is 33.9 Å². The molecule has 2 saturated heterocycles. The molecule has 3 heterocycles. The first-order valence-electron chi connectivity index (χ1n) is 19.6. The van der Waals surface area contributed by atoms with Crippen molar-refractivity contribution in [3.63, 3.8) is 0 Å². The van der Waals surface area contributed by atoms with E-state index in [1.165, 1.54) is 4.90 Å². The van der Waals surface area contributed by atoms with Crippen LogP contribution < -0.4 is 25.0 Å². The van der Waals surface area contributed by atoms with Gasteiger partial charge in [0.1, 0.15) is 17.1 Å². The lowest BCUT2D eigenvalue weighted by molar-refractivity contribution is -0.194. The molecule has 0 atom stereocenters. The third kappa shape index (κ3) is 7.33. The first kappa shape index (κ1) is 39.5. The molecule has 4 aliphatic rings. The molecule has 2 fully saturated rings. The zero-order valence-corrected chi connectivity index (χ0v) is 32.9. The van der Waals surface area contributed by atoms with Crippen molar-refractivity contribution >= 4 is 58.1 Å². The molecule has 3 amide bonds. The summed E-state index contributed by atoms with van der Waals surface area (Å²) in [5, 5.41) is 13.6. The second-order valence-corrected chi connectivity index (χ2v) is 14.1. The second-order valence-electron chi connectivity index (χ2n) is 14.1. The minimum absolute atomic E-state index is 0.0218. The molecule has 1 aliphatic carbocycles. The maximum Gasteiger partial charge on any atom is 0.368 e. The molecule has 1 N–H and O–H groups in total. The Balaban J connectivity index is 1.17. The molecule has 3 aromatic rings. The Kier molecular flexibility index (Phi) is 11.2. The Morgan fingerprint density at radius 2 is 1.19 bits per heavy atom. The van der Waals surface area contributed by atoms with E-state index in [0.717, 1.165) is 65.5 Å². The normalized spacial score (nSPS) is 17.0. The molecule has 3 aromatic carbocycles. The SMILES string of the molecule is CCN(CC)c1ccc2c(c1)Oc1cc(N(CC)CC)ccc1C2=c1ccccc1=C(O)N1CCN(C(=O)C2=CC(=O)C(C(=O)ON3C(=O)CCC3=O)=CC2=O)CC1. The number of rotatable bonds is 10. The highest BCUT2D eigenvalue weighted by Gasteiger charge is 2.37. The van der Waals surface area contributed by atoms with Crippen LogP contribution in [0, 0.1) is 0 Å². The molecule has 0 aromatic heterocycles. The van der Waals surface area contributed by atoms with Crippen LogP contribution in [-0.2, 0) is 33.6 Å². The number of fused-ring (bicyclic) bond motifs is 2. The van der Waals surface area contributed by atoms with Gasteiger partial charge in [0, 0.05) is 123 Å². The molecule has 0 unspecified atom stereocenters. The predicted octanol–water partition coefficient (Wildman–Crippen LogP) is 3.11. The topological polar surface area (TPSA) is 157 Å². The average molecular weight is 788 g/mol. The summed E-state index contributed by atoms with van der Waals surface area (Å²) < 4.78 is 6.66. The van der Waals surface area contributed by atoms with E-state index in [1.807, 2.05) is 24.3 Å². The quantitative estimate of drug-likeness (QED) is 0.143. The summed E-state index contributed by atoms with van der Waals surface area (Å²) in [5.74, 6) is -3.92. The van der Waals surface area contributed by atoms with Gasteiger partial charge in [0.2, 0.25) is 0 Å². The van der Waals surface area contributed by atoms with Crippen LogP contribution in [-0.4, -0.2) is 108 Å². The maximum absolute atomic E-state index is 13.5. The van der Waals surface area contributed by atoms with Crippen LogP contribution in [0.15, 0.2) is 84.0 Å². The van der Waals surface area contributed by atoms with Gasteiger partial charge in [-0.05, 0) is 63.2 Å². The Labute approximate surface area is 335 Å². The molecule has 0 spiro atoms. The number of imide groups is 1. The fourth-order valence-electron chi connectivity index (χ4n) is 7.76. The van der Waals surface area contributed by atoms with Gasteiger partial charge in [-0.25, -0.2) is 4.79 Å². The van der Waals surface area contributed by atoms with Gasteiger partial charge >= 0.3 is 5.97 Å². The zero-order chi connectivity index (χ0) is 41.2. The lowest BCUT2D eigenvalue weighted by atomic mass is 9.90. The van der Waals surface area contributed by atoms with Gasteiger partial charge in [-0.1, -0.05) is 18.2 Å². The third-order valence-electron chi connectivity index (χ3n) is 11.0. The third-order valence-corrected chi connectivity index (χ3v) is 11.0. The summed E-state index contributed by atoms with van der Waals surface area (Å²) in [6.45, 7) is 12.5. The van der Waals surface area contributed by atoms with Crippen molar-refractivity contribution in [2.24, 2.45) is 0 Å². The summed E-state index contributed by atoms with van der Waals surface area (Å²) in [5.41, 5.74) is 3.65. The highest BCUT2D eigenvalue weighted by Crippen LogP contribution is 2.45. The van der Waals surface area contributed by atoms with Crippen LogP contribution in [0.4, 0.5) is 11.4 Å². The molecule has 58 heavy (non-hydrogen) atoms. The highest BCUT2D eigenvalue weighted by atomic mass is 16.7. The minimum atomic E-state index is -1.34. The number of amides is 3. The van der Waals surface area contributed by atoms with Crippen LogP contribution >= 0.6 is 0 Å². The number of ketones is 2. The number of carbonyl (C=O) groups is 6. The Hall–Kier alpha value is -6.70. The van der Waals surface area contributed by atoms with E-state index >= 15 is 0 Å². The number of hydrogen-bond donors (Lipinski definition) is 1. The molecule has 0 bridgehead atoms. The number of carbonyl (C=O) groups excluding carboxylic acids is 6. The van der Waals surface area contributed by atoms with Gasteiger partial charge in [0.15, 0.2) is 17.4 Å². The van der Waals surface area contributed by atoms with E-state index in [4.69, 9.17) is 9.57 Å². The summed E-state index contributed by atoms with van der Waals surface area (Å²) in [4.78, 5) is 88.2. The highest BCUT2D eigenvalue weighted by molar-refractivity contribution is 6.36. The zero-order valence-electron chi connectivity index (χ0n) is 32.9. The first-order valence-corrected chi connectivity index (χ1v) is 19.6. The average Bonchev–Trinajstić information content (AvgIpc) is 3.55. The molecular formula is C44H45N5O9. The van der Waals surface area contributed by atoms with Gasteiger partial charge in [0.25, 0.3) is 17.7 Å². The molecule has 14 nitrogen and oxygen atoms in total. The molecule has 14 heteroatoms. The van der Waals surface area contributed by atoms with E-state index < -0.39 is 46.4 Å². The number of nitrogens with zero attached hydrogens (tertiary/aromatic N) is 5.